The van der Waals surface area contributed by atoms with Gasteiger partial charge >= 0.3 is 0 Å². The summed E-state index contributed by atoms with van der Waals surface area (Å²) in [7, 11) is 2.15. The quantitative estimate of drug-likeness (QED) is 0.456. The molecule has 2 heterocycles. The fourth-order valence-electron chi connectivity index (χ4n) is 2.81. The molecule has 3 rings (SSSR count). The van der Waals surface area contributed by atoms with Crippen LogP contribution >= 0.6 is 0 Å². The van der Waals surface area contributed by atoms with Crippen molar-refractivity contribution in [3.8, 4) is 11.8 Å². The van der Waals surface area contributed by atoms with Gasteiger partial charge in [0.2, 0.25) is 5.95 Å². The van der Waals surface area contributed by atoms with Gasteiger partial charge in [-0.15, -0.1) is 5.10 Å². The number of aromatic nitrogens is 3. The molecule has 2 aromatic heterocycles. The first kappa shape index (κ1) is 31.6. The average Bonchev–Trinajstić information content (AvgIpc) is 3.22. The lowest BCUT2D eigenvalue weighted by Crippen LogP contribution is -2.17. The highest BCUT2D eigenvalue weighted by atomic mass is 16.1. The average molecular weight is 478 g/mol. The molecule has 6 nitrogen and oxygen atoms in total. The number of Topliss-reactive ketones (excluding diaryl/α,β-unsaturated/α-hetero) is 1. The van der Waals surface area contributed by atoms with Gasteiger partial charge in [-0.2, -0.15) is 4.98 Å². The first-order chi connectivity index (χ1) is 16.8. The molecule has 35 heavy (non-hydrogen) atoms. The molecule has 0 aliphatic carbocycles. The van der Waals surface area contributed by atoms with Crippen molar-refractivity contribution in [2.45, 2.75) is 68.4 Å². The summed E-state index contributed by atoms with van der Waals surface area (Å²) in [6.07, 6.45) is 5.57. The van der Waals surface area contributed by atoms with E-state index >= 15 is 0 Å². The summed E-state index contributed by atoms with van der Waals surface area (Å²) >= 11 is 0. The fourth-order valence-corrected chi connectivity index (χ4v) is 2.81. The minimum Gasteiger partial charge on any atom is -0.366 e. The first-order valence-electron chi connectivity index (χ1n) is 12.3. The van der Waals surface area contributed by atoms with E-state index in [0.717, 1.165) is 18.7 Å². The lowest BCUT2D eigenvalue weighted by atomic mass is 10.1. The molecule has 0 amide bonds. The summed E-state index contributed by atoms with van der Waals surface area (Å²) in [6.45, 7) is 18.2. The molecule has 0 aliphatic rings. The Balaban J connectivity index is 0.000000602. The fraction of sp³-hybridized carbons (Fsp3) is 0.414. The normalized spacial score (nSPS) is 9.77. The van der Waals surface area contributed by atoms with E-state index in [2.05, 4.69) is 72.8 Å². The molecule has 0 radical (unpaired) electrons. The number of rotatable bonds is 5. The number of nitrogens with two attached hydrogens (primary N) is 1. The molecule has 1 aromatic carbocycles. The van der Waals surface area contributed by atoms with Gasteiger partial charge in [0.15, 0.2) is 5.65 Å². The molecule has 0 unspecified atom stereocenters. The largest absolute Gasteiger partial charge is 0.366 e. The second kappa shape index (κ2) is 18.0. The van der Waals surface area contributed by atoms with Crippen LogP contribution in [0.25, 0.3) is 5.65 Å². The maximum atomic E-state index is 10.7. The number of anilines is 1. The number of ketones is 1. The molecule has 0 spiro atoms. The van der Waals surface area contributed by atoms with E-state index in [9.17, 15) is 4.79 Å². The van der Waals surface area contributed by atoms with Crippen molar-refractivity contribution in [2.75, 3.05) is 19.3 Å². The Morgan fingerprint density at radius 1 is 1.14 bits per heavy atom. The van der Waals surface area contributed by atoms with Crippen LogP contribution in [-0.4, -0.2) is 38.9 Å². The third-order valence-corrected chi connectivity index (χ3v) is 4.66. The van der Waals surface area contributed by atoms with Crippen LogP contribution in [0.2, 0.25) is 0 Å². The van der Waals surface area contributed by atoms with E-state index in [1.807, 2.05) is 33.8 Å². The number of carbonyl (C=O) groups excluding carboxylic acids is 1. The summed E-state index contributed by atoms with van der Waals surface area (Å²) < 4.78 is 1.59. The molecule has 0 saturated heterocycles. The number of aryl methyl sites for hydroxylation is 2. The number of hydrogen-bond acceptors (Lipinski definition) is 5. The predicted molar refractivity (Wildman–Crippen MR) is 149 cm³/mol. The van der Waals surface area contributed by atoms with Crippen molar-refractivity contribution in [3.63, 3.8) is 0 Å². The predicted octanol–water partition coefficient (Wildman–Crippen LogP) is 6.01. The van der Waals surface area contributed by atoms with Gasteiger partial charge < -0.3 is 10.6 Å². The molecule has 6 heteroatoms. The number of pyridine rings is 1. The first-order valence-corrected chi connectivity index (χ1v) is 12.3. The van der Waals surface area contributed by atoms with Gasteiger partial charge in [-0.3, -0.25) is 4.79 Å². The lowest BCUT2D eigenvalue weighted by Gasteiger charge is -2.15. The van der Waals surface area contributed by atoms with Gasteiger partial charge in [-0.25, -0.2) is 4.52 Å². The molecular formula is C29H43N5O. The zero-order valence-electron chi connectivity index (χ0n) is 23.0. The van der Waals surface area contributed by atoms with E-state index in [-0.39, 0.29) is 11.7 Å². The monoisotopic (exact) mass is 477 g/mol. The highest BCUT2D eigenvalue weighted by Crippen LogP contribution is 2.12. The van der Waals surface area contributed by atoms with Crippen molar-refractivity contribution >= 4 is 17.4 Å². The third-order valence-electron chi connectivity index (χ3n) is 4.66. The Bertz CT molecular complexity index is 1120. The molecule has 0 bridgehead atoms. The number of allylic oxidation sites excluding steroid dienone is 2. The van der Waals surface area contributed by atoms with Crippen LogP contribution in [-0.2, 0) is 11.3 Å². The van der Waals surface area contributed by atoms with E-state index < -0.39 is 0 Å². The minimum absolute atomic E-state index is 0.119. The molecule has 0 aliphatic heterocycles. The second-order valence-corrected chi connectivity index (χ2v) is 7.53. The van der Waals surface area contributed by atoms with Gasteiger partial charge in [0.1, 0.15) is 5.78 Å². The van der Waals surface area contributed by atoms with Gasteiger partial charge in [0.05, 0.1) is 0 Å². The Morgan fingerprint density at radius 2 is 1.83 bits per heavy atom. The van der Waals surface area contributed by atoms with Gasteiger partial charge in [-0.05, 0) is 63.7 Å². The van der Waals surface area contributed by atoms with Crippen LogP contribution in [0.1, 0.15) is 70.2 Å². The summed E-state index contributed by atoms with van der Waals surface area (Å²) in [5, 5.41) is 3.97. The smallest absolute Gasteiger partial charge is 0.240 e. The second-order valence-electron chi connectivity index (χ2n) is 7.53. The van der Waals surface area contributed by atoms with E-state index in [0.29, 0.717) is 12.1 Å². The Kier molecular flexibility index (Phi) is 16.2. The van der Waals surface area contributed by atoms with Crippen molar-refractivity contribution in [1.82, 2.24) is 19.5 Å². The van der Waals surface area contributed by atoms with Crippen LogP contribution < -0.4 is 5.73 Å². The molecule has 0 atom stereocenters. The van der Waals surface area contributed by atoms with E-state index in [1.54, 1.807) is 35.9 Å². The van der Waals surface area contributed by atoms with Crippen LogP contribution in [0.3, 0.4) is 0 Å². The van der Waals surface area contributed by atoms with Crippen LogP contribution in [0.15, 0.2) is 48.7 Å². The highest BCUT2D eigenvalue weighted by Gasteiger charge is 2.01. The molecule has 3 aromatic rings. The molecule has 0 fully saturated rings. The van der Waals surface area contributed by atoms with Crippen LogP contribution in [0, 0.1) is 25.7 Å². The highest BCUT2D eigenvalue weighted by molar-refractivity contribution is 5.77. The summed E-state index contributed by atoms with van der Waals surface area (Å²) in [5.41, 5.74) is 11.2. The van der Waals surface area contributed by atoms with Gasteiger partial charge in [0, 0.05) is 24.7 Å². The SMILES string of the molecule is CC.CC.CC(=O)C/C=C/C#Cc1ccn2nc(N)nc2c1.CCN(C)Cc1ccc(C)cc1C. The summed E-state index contributed by atoms with van der Waals surface area (Å²) in [5.74, 6) is 6.16. The molecule has 190 valence electrons. The number of nitrogens with zero attached hydrogens (tertiary/aromatic N) is 4. The summed E-state index contributed by atoms with van der Waals surface area (Å²) in [6, 6.07) is 10.3. The van der Waals surface area contributed by atoms with Crippen molar-refractivity contribution in [1.29, 1.82) is 0 Å². The minimum atomic E-state index is 0.119. The van der Waals surface area contributed by atoms with Gasteiger partial charge in [-0.1, -0.05) is 76.3 Å². The van der Waals surface area contributed by atoms with E-state index in [1.165, 1.54) is 16.7 Å². The molecule has 2 N–H and O–H groups in total. The number of carbonyl (C=O) groups is 1. The topological polar surface area (TPSA) is 76.5 Å². The number of nitrogen functional groups attached to an aromatic ring is 1. The van der Waals surface area contributed by atoms with Gasteiger partial charge in [0.25, 0.3) is 0 Å². The molecular weight excluding hydrogens is 434 g/mol. The van der Waals surface area contributed by atoms with Crippen LogP contribution in [0.5, 0.6) is 0 Å². The number of benzene rings is 1. The zero-order chi connectivity index (χ0) is 26.8. The Hall–Kier alpha value is -3.43. The standard InChI is InChI=1S/C13H12N4O.C12H19N.2C2H6/c1-10(18)5-3-2-4-6-11-7-8-17-12(9-11)15-13(14)16-17;1-5-13(4)9-12-7-6-10(2)8-11(12)3;2*1-2/h2-3,7-9H,5H2,1H3,(H2,14,16);6-8H,5,9H2,1-4H3;2*1-2H3/b3-2+;;;. The van der Waals surface area contributed by atoms with Crippen molar-refractivity contribution in [2.24, 2.45) is 0 Å². The Morgan fingerprint density at radius 3 is 2.43 bits per heavy atom. The zero-order valence-corrected chi connectivity index (χ0v) is 23.0. The maximum absolute atomic E-state index is 10.7. The number of fused-ring (bicyclic) bond motifs is 1. The van der Waals surface area contributed by atoms with Crippen LogP contribution in [0.4, 0.5) is 5.95 Å². The Labute approximate surface area is 212 Å². The number of hydrogen-bond donors (Lipinski definition) is 1. The third kappa shape index (κ3) is 12.6. The van der Waals surface area contributed by atoms with Crippen molar-refractivity contribution < 1.29 is 4.79 Å². The molecule has 0 saturated carbocycles. The summed E-state index contributed by atoms with van der Waals surface area (Å²) in [4.78, 5) is 17.1. The van der Waals surface area contributed by atoms with E-state index in [4.69, 9.17) is 5.73 Å². The lowest BCUT2D eigenvalue weighted by molar-refractivity contribution is -0.116. The van der Waals surface area contributed by atoms with Crippen molar-refractivity contribution in [3.05, 3.63) is 70.9 Å². The maximum Gasteiger partial charge on any atom is 0.240 e.